The van der Waals surface area contributed by atoms with Crippen LogP contribution in [0.4, 0.5) is 10.1 Å². The van der Waals surface area contributed by atoms with E-state index in [1.165, 1.54) is 5.56 Å². The average Bonchev–Trinajstić information content (AvgIpc) is 2.72. The van der Waals surface area contributed by atoms with E-state index >= 15 is 0 Å². The summed E-state index contributed by atoms with van der Waals surface area (Å²) in [7, 11) is 0. The first-order chi connectivity index (χ1) is 9.05. The predicted octanol–water partition coefficient (Wildman–Crippen LogP) is 2.95. The Labute approximate surface area is 114 Å². The molecule has 0 atom stereocenters. The molecule has 1 heterocycles. The van der Waals surface area contributed by atoms with E-state index in [1.807, 2.05) is 6.07 Å². The third kappa shape index (κ3) is 1.95. The van der Waals surface area contributed by atoms with Crippen LogP contribution in [0.3, 0.4) is 0 Å². The summed E-state index contributed by atoms with van der Waals surface area (Å²) in [5, 5.41) is 0. The van der Waals surface area contributed by atoms with Crippen LogP contribution in [0.2, 0.25) is 0 Å². The number of rotatable bonds is 3. The molecule has 0 spiro atoms. The minimum Gasteiger partial charge on any atom is -0.364 e. The van der Waals surface area contributed by atoms with Crippen molar-refractivity contribution in [3.8, 4) is 0 Å². The van der Waals surface area contributed by atoms with E-state index in [0.717, 1.165) is 37.4 Å². The van der Waals surface area contributed by atoms with Gasteiger partial charge in [-0.15, -0.1) is 0 Å². The molecule has 1 aromatic rings. The Kier molecular flexibility index (Phi) is 3.05. The van der Waals surface area contributed by atoms with Gasteiger partial charge < -0.3 is 10.6 Å². The molecule has 0 unspecified atom stereocenters. The summed E-state index contributed by atoms with van der Waals surface area (Å²) in [4.78, 5) is 2.38. The molecule has 2 aliphatic rings. The maximum Gasteiger partial charge on any atom is 0.125 e. The summed E-state index contributed by atoms with van der Waals surface area (Å²) >= 11 is 0. The zero-order chi connectivity index (χ0) is 13.6. The van der Waals surface area contributed by atoms with E-state index < -0.39 is 0 Å². The molecule has 0 aromatic heterocycles. The average molecular weight is 262 g/mol. The van der Waals surface area contributed by atoms with Gasteiger partial charge in [-0.1, -0.05) is 19.9 Å². The van der Waals surface area contributed by atoms with Gasteiger partial charge in [-0.05, 0) is 48.8 Å². The highest BCUT2D eigenvalue weighted by atomic mass is 19.1. The summed E-state index contributed by atoms with van der Waals surface area (Å²) in [6.07, 6.45) is 3.32. The van der Waals surface area contributed by atoms with Crippen molar-refractivity contribution in [1.29, 1.82) is 0 Å². The van der Waals surface area contributed by atoms with Crippen molar-refractivity contribution in [3.63, 3.8) is 0 Å². The van der Waals surface area contributed by atoms with Crippen molar-refractivity contribution in [2.24, 2.45) is 17.6 Å². The smallest absolute Gasteiger partial charge is 0.125 e. The number of halogens is 1. The lowest BCUT2D eigenvalue weighted by molar-refractivity contribution is 0.104. The largest absolute Gasteiger partial charge is 0.364 e. The number of anilines is 1. The van der Waals surface area contributed by atoms with Gasteiger partial charge in [0.25, 0.3) is 0 Å². The van der Waals surface area contributed by atoms with Crippen LogP contribution in [-0.2, 0) is 6.42 Å². The van der Waals surface area contributed by atoms with Gasteiger partial charge in [0, 0.05) is 18.8 Å². The van der Waals surface area contributed by atoms with Crippen LogP contribution in [0.5, 0.6) is 0 Å². The highest BCUT2D eigenvalue weighted by molar-refractivity contribution is 5.61. The Morgan fingerprint density at radius 3 is 2.79 bits per heavy atom. The molecule has 3 heteroatoms. The number of fused-ring (bicyclic) bond motifs is 1. The lowest BCUT2D eigenvalue weighted by Crippen LogP contribution is -2.62. The molecule has 3 rings (SSSR count). The molecular weight excluding hydrogens is 239 g/mol. The number of benzene rings is 1. The summed E-state index contributed by atoms with van der Waals surface area (Å²) in [6, 6.07) is 5.17. The second kappa shape index (κ2) is 4.48. The van der Waals surface area contributed by atoms with Crippen molar-refractivity contribution in [3.05, 3.63) is 29.6 Å². The number of nitrogens with two attached hydrogens (primary N) is 1. The normalized spacial score (nSPS) is 29.5. The van der Waals surface area contributed by atoms with E-state index in [0.29, 0.717) is 12.5 Å². The molecule has 1 aliphatic carbocycles. The molecule has 1 saturated carbocycles. The predicted molar refractivity (Wildman–Crippen MR) is 76.8 cm³/mol. The first kappa shape index (κ1) is 12.9. The van der Waals surface area contributed by atoms with Crippen molar-refractivity contribution in [2.45, 2.75) is 38.6 Å². The van der Waals surface area contributed by atoms with E-state index in [4.69, 9.17) is 5.73 Å². The maximum atomic E-state index is 13.5. The highest BCUT2D eigenvalue weighted by Gasteiger charge is 2.49. The van der Waals surface area contributed by atoms with E-state index in [2.05, 4.69) is 18.7 Å². The van der Waals surface area contributed by atoms with E-state index in [1.54, 1.807) is 12.1 Å². The van der Waals surface area contributed by atoms with Gasteiger partial charge in [-0.2, -0.15) is 0 Å². The molecule has 19 heavy (non-hydrogen) atoms. The van der Waals surface area contributed by atoms with Gasteiger partial charge in [0.15, 0.2) is 0 Å². The van der Waals surface area contributed by atoms with Crippen molar-refractivity contribution in [2.75, 3.05) is 18.0 Å². The van der Waals surface area contributed by atoms with Gasteiger partial charge in [0.2, 0.25) is 0 Å². The fourth-order valence-electron chi connectivity index (χ4n) is 3.73. The van der Waals surface area contributed by atoms with Crippen LogP contribution in [0.1, 0.15) is 32.3 Å². The topological polar surface area (TPSA) is 29.3 Å². The Bertz CT molecular complexity index is 478. The number of hydrogen-bond acceptors (Lipinski definition) is 2. The minimum atomic E-state index is -0.141. The van der Waals surface area contributed by atoms with E-state index in [-0.39, 0.29) is 11.4 Å². The summed E-state index contributed by atoms with van der Waals surface area (Å²) in [6.45, 7) is 6.22. The highest BCUT2D eigenvalue weighted by Crippen LogP contribution is 2.49. The fraction of sp³-hybridized carbons (Fsp3) is 0.625. The molecule has 1 aromatic carbocycles. The summed E-state index contributed by atoms with van der Waals surface area (Å²) in [5.74, 6) is 1.34. The van der Waals surface area contributed by atoms with Gasteiger partial charge in [0.05, 0.1) is 5.54 Å². The van der Waals surface area contributed by atoms with Crippen LogP contribution in [0.15, 0.2) is 18.2 Å². The lowest BCUT2D eigenvalue weighted by Gasteiger charge is -2.55. The Morgan fingerprint density at radius 1 is 1.42 bits per heavy atom. The summed E-state index contributed by atoms with van der Waals surface area (Å²) < 4.78 is 13.5. The van der Waals surface area contributed by atoms with Crippen LogP contribution < -0.4 is 10.6 Å². The number of nitrogens with zero attached hydrogens (tertiary/aromatic N) is 1. The molecule has 1 aliphatic heterocycles. The molecular formula is C16H23FN2. The molecule has 2 nitrogen and oxygen atoms in total. The van der Waals surface area contributed by atoms with Crippen LogP contribution in [0, 0.1) is 17.7 Å². The van der Waals surface area contributed by atoms with E-state index in [9.17, 15) is 4.39 Å². The van der Waals surface area contributed by atoms with Crippen molar-refractivity contribution >= 4 is 5.69 Å². The lowest BCUT2D eigenvalue weighted by atomic mass is 9.63. The van der Waals surface area contributed by atoms with Gasteiger partial charge >= 0.3 is 0 Å². The third-order valence-corrected chi connectivity index (χ3v) is 5.12. The van der Waals surface area contributed by atoms with Gasteiger partial charge in [0.1, 0.15) is 5.82 Å². The Hall–Kier alpha value is -1.09. The standard InChI is InChI=1S/C16H23FN2/c1-11(2)13-8-16(9-13,10-18)19-6-5-12-3-4-14(17)7-15(12)19/h3-4,7,11,13H,5-6,8-10,18H2,1-2H3. The molecule has 1 fully saturated rings. The van der Waals surface area contributed by atoms with Gasteiger partial charge in [-0.3, -0.25) is 0 Å². The molecule has 0 saturated heterocycles. The van der Waals surface area contributed by atoms with Crippen LogP contribution in [-0.4, -0.2) is 18.6 Å². The monoisotopic (exact) mass is 262 g/mol. The quantitative estimate of drug-likeness (QED) is 0.907. The van der Waals surface area contributed by atoms with Crippen molar-refractivity contribution in [1.82, 2.24) is 0 Å². The molecule has 2 N–H and O–H groups in total. The minimum absolute atomic E-state index is 0.0774. The van der Waals surface area contributed by atoms with Gasteiger partial charge in [-0.25, -0.2) is 4.39 Å². The number of hydrogen-bond donors (Lipinski definition) is 1. The zero-order valence-electron chi connectivity index (χ0n) is 11.8. The first-order valence-electron chi connectivity index (χ1n) is 7.32. The Balaban J connectivity index is 1.86. The van der Waals surface area contributed by atoms with Crippen LogP contribution in [0.25, 0.3) is 0 Å². The first-order valence-corrected chi connectivity index (χ1v) is 7.32. The molecule has 104 valence electrons. The third-order valence-electron chi connectivity index (χ3n) is 5.12. The molecule has 0 amide bonds. The zero-order valence-corrected chi connectivity index (χ0v) is 11.8. The second-order valence-corrected chi connectivity index (χ2v) is 6.52. The van der Waals surface area contributed by atoms with Crippen LogP contribution >= 0.6 is 0 Å². The molecule has 0 radical (unpaired) electrons. The SMILES string of the molecule is CC(C)C1CC(CN)(N2CCc3ccc(F)cc32)C1. The maximum absolute atomic E-state index is 13.5. The van der Waals surface area contributed by atoms with Crippen molar-refractivity contribution < 1.29 is 4.39 Å². The Morgan fingerprint density at radius 2 is 2.16 bits per heavy atom. The second-order valence-electron chi connectivity index (χ2n) is 6.52. The molecule has 0 bridgehead atoms. The fourth-order valence-corrected chi connectivity index (χ4v) is 3.73. The summed E-state index contributed by atoms with van der Waals surface area (Å²) in [5.41, 5.74) is 8.49.